The molecule has 0 saturated carbocycles. The van der Waals surface area contributed by atoms with Crippen LogP contribution in [0.4, 0.5) is 0 Å². The summed E-state index contributed by atoms with van der Waals surface area (Å²) >= 11 is 6.57. The highest BCUT2D eigenvalue weighted by molar-refractivity contribution is 9.09. The lowest BCUT2D eigenvalue weighted by Crippen LogP contribution is -2.36. The fourth-order valence-corrected chi connectivity index (χ4v) is 5.81. The molecule has 0 bridgehead atoms. The lowest BCUT2D eigenvalue weighted by Gasteiger charge is -2.25. The first-order chi connectivity index (χ1) is 14.1. The molecule has 0 spiro atoms. The van der Waals surface area contributed by atoms with Crippen molar-refractivity contribution in [2.45, 2.75) is 48.7 Å². The van der Waals surface area contributed by atoms with Crippen LogP contribution >= 0.6 is 31.9 Å². The molecule has 0 aromatic heterocycles. The third kappa shape index (κ3) is 7.13. The zero-order valence-corrected chi connectivity index (χ0v) is 21.4. The second kappa shape index (κ2) is 11.2. The van der Waals surface area contributed by atoms with Gasteiger partial charge in [0.2, 0.25) is 0 Å². The summed E-state index contributed by atoms with van der Waals surface area (Å²) in [6, 6.07) is 12.5. The summed E-state index contributed by atoms with van der Waals surface area (Å²) in [5, 5.41) is 0.821. The predicted octanol–water partition coefficient (Wildman–Crippen LogP) is 4.72. The number of aryl methyl sites for hydroxylation is 2. The lowest BCUT2D eigenvalue weighted by atomic mass is 10.1. The molecule has 6 nitrogen and oxygen atoms in total. The minimum Gasteiger partial charge on any atom is -0.260 e. The monoisotopic (exact) mass is 582 g/mol. The van der Waals surface area contributed by atoms with E-state index < -0.39 is 32.4 Å². The largest absolute Gasteiger partial charge is 0.297 e. The highest BCUT2D eigenvalue weighted by atomic mass is 79.9. The van der Waals surface area contributed by atoms with Gasteiger partial charge in [0.05, 0.1) is 9.79 Å². The fraction of sp³-hybridized carbons (Fsp3) is 0.400. The van der Waals surface area contributed by atoms with Crippen molar-refractivity contribution in [3.05, 3.63) is 59.7 Å². The molecule has 2 aromatic carbocycles. The average Bonchev–Trinajstić information content (AvgIpc) is 2.68. The maximum absolute atomic E-state index is 12.8. The van der Waals surface area contributed by atoms with Gasteiger partial charge in [0.1, 0.15) is 12.2 Å². The van der Waals surface area contributed by atoms with Gasteiger partial charge in [-0.05, 0) is 51.0 Å². The van der Waals surface area contributed by atoms with E-state index in [0.717, 1.165) is 11.1 Å². The highest BCUT2D eigenvalue weighted by Gasteiger charge is 2.33. The molecular weight excluding hydrogens is 560 g/mol. The Bertz CT molecular complexity index is 934. The molecule has 2 atom stereocenters. The van der Waals surface area contributed by atoms with Crippen LogP contribution in [0.25, 0.3) is 0 Å². The number of rotatable bonds is 11. The van der Waals surface area contributed by atoms with Crippen LogP contribution in [-0.2, 0) is 28.6 Å². The third-order valence-corrected chi connectivity index (χ3v) is 7.94. The standard InChI is InChI=1S/C20H24Br2O6S2/c1-15-3-7-17(8-4-15)29(23,24)27-19(11-13-21)20(12-14-22)28-30(25,26)18-9-5-16(2)6-10-18/h3-10,19-20H,11-14H2,1-2H3/t19-,20?/m1/s1. The normalized spacial score (nSPS) is 14.4. The maximum atomic E-state index is 12.8. The van der Waals surface area contributed by atoms with E-state index in [-0.39, 0.29) is 22.6 Å². The molecule has 0 aliphatic heterocycles. The molecule has 0 radical (unpaired) electrons. The zero-order valence-electron chi connectivity index (χ0n) is 16.6. The summed E-state index contributed by atoms with van der Waals surface area (Å²) in [5.41, 5.74) is 1.83. The van der Waals surface area contributed by atoms with Gasteiger partial charge >= 0.3 is 0 Å². The number of alkyl halides is 2. The number of hydrogen-bond acceptors (Lipinski definition) is 6. The second-order valence-corrected chi connectivity index (χ2v) is 11.5. The Kier molecular flexibility index (Phi) is 9.51. The van der Waals surface area contributed by atoms with Gasteiger partial charge in [0.15, 0.2) is 0 Å². The van der Waals surface area contributed by atoms with Crippen LogP contribution in [0, 0.1) is 13.8 Å². The molecule has 0 heterocycles. The predicted molar refractivity (Wildman–Crippen MR) is 123 cm³/mol. The number of halogens is 2. The zero-order chi connectivity index (χ0) is 22.4. The van der Waals surface area contributed by atoms with Gasteiger partial charge in [-0.1, -0.05) is 67.3 Å². The Balaban J connectivity index is 2.30. The Hall–Kier alpha value is -0.780. The van der Waals surface area contributed by atoms with Crippen LogP contribution in [0.15, 0.2) is 58.3 Å². The van der Waals surface area contributed by atoms with Crippen LogP contribution in [0.2, 0.25) is 0 Å². The van der Waals surface area contributed by atoms with Crippen molar-refractivity contribution in [2.24, 2.45) is 0 Å². The molecule has 30 heavy (non-hydrogen) atoms. The molecule has 2 aromatic rings. The molecule has 0 N–H and O–H groups in total. The minimum atomic E-state index is -4.10. The van der Waals surface area contributed by atoms with E-state index in [1.165, 1.54) is 24.3 Å². The van der Waals surface area contributed by atoms with Gasteiger partial charge in [0, 0.05) is 10.7 Å². The van der Waals surface area contributed by atoms with E-state index in [1.807, 2.05) is 13.8 Å². The SMILES string of the molecule is Cc1ccc(S(=O)(=O)OC(CCBr)[C@@H](CCBr)OS(=O)(=O)c2ccc(C)cc2)cc1. The van der Waals surface area contributed by atoms with Crippen molar-refractivity contribution < 1.29 is 25.2 Å². The molecule has 2 rings (SSSR count). The third-order valence-electron chi connectivity index (χ3n) is 4.32. The molecule has 1 unspecified atom stereocenters. The van der Waals surface area contributed by atoms with E-state index in [1.54, 1.807) is 24.3 Å². The van der Waals surface area contributed by atoms with E-state index in [4.69, 9.17) is 8.37 Å². The molecular formula is C20H24Br2O6S2. The molecule has 0 aliphatic rings. The van der Waals surface area contributed by atoms with Crippen molar-refractivity contribution in [3.8, 4) is 0 Å². The Morgan fingerprint density at radius 3 is 1.23 bits per heavy atom. The summed E-state index contributed by atoms with van der Waals surface area (Å²) in [6.07, 6.45) is -1.50. The summed E-state index contributed by atoms with van der Waals surface area (Å²) in [5.74, 6) is 0. The van der Waals surface area contributed by atoms with Crippen molar-refractivity contribution in [1.82, 2.24) is 0 Å². The highest BCUT2D eigenvalue weighted by Crippen LogP contribution is 2.25. The van der Waals surface area contributed by atoms with Crippen LogP contribution in [-0.4, -0.2) is 39.7 Å². The number of benzene rings is 2. The quantitative estimate of drug-likeness (QED) is 0.281. The Labute approximate surface area is 195 Å². The summed E-state index contributed by atoms with van der Waals surface area (Å²) in [4.78, 5) is 0.0123. The van der Waals surface area contributed by atoms with Crippen LogP contribution < -0.4 is 0 Å². The van der Waals surface area contributed by atoms with E-state index in [2.05, 4.69) is 31.9 Å². The molecule has 0 amide bonds. The van der Waals surface area contributed by atoms with Crippen molar-refractivity contribution in [3.63, 3.8) is 0 Å². The van der Waals surface area contributed by atoms with Crippen LogP contribution in [0.3, 0.4) is 0 Å². The number of hydrogen-bond donors (Lipinski definition) is 0. The fourth-order valence-electron chi connectivity index (χ4n) is 2.65. The second-order valence-electron chi connectivity index (χ2n) is 6.76. The summed E-state index contributed by atoms with van der Waals surface area (Å²) in [6.45, 7) is 3.70. The van der Waals surface area contributed by atoms with Gasteiger partial charge in [0.25, 0.3) is 20.2 Å². The molecule has 166 valence electrons. The van der Waals surface area contributed by atoms with Gasteiger partial charge < -0.3 is 0 Å². The maximum Gasteiger partial charge on any atom is 0.297 e. The van der Waals surface area contributed by atoms with Crippen molar-refractivity contribution >= 4 is 52.1 Å². The molecule has 0 fully saturated rings. The van der Waals surface area contributed by atoms with Gasteiger partial charge in [-0.25, -0.2) is 0 Å². The molecule has 0 saturated heterocycles. The van der Waals surface area contributed by atoms with Crippen LogP contribution in [0.5, 0.6) is 0 Å². The Morgan fingerprint density at radius 2 is 0.967 bits per heavy atom. The first-order valence-electron chi connectivity index (χ1n) is 9.21. The van der Waals surface area contributed by atoms with Crippen molar-refractivity contribution in [1.29, 1.82) is 0 Å². The first-order valence-corrected chi connectivity index (χ1v) is 14.3. The molecule has 0 aliphatic carbocycles. The Morgan fingerprint density at radius 1 is 0.667 bits per heavy atom. The van der Waals surface area contributed by atoms with Gasteiger partial charge in [-0.15, -0.1) is 0 Å². The minimum absolute atomic E-state index is 0.00616. The summed E-state index contributed by atoms with van der Waals surface area (Å²) < 4.78 is 61.9. The lowest BCUT2D eigenvalue weighted by molar-refractivity contribution is 0.0595. The van der Waals surface area contributed by atoms with Crippen LogP contribution in [0.1, 0.15) is 24.0 Å². The van der Waals surface area contributed by atoms with E-state index in [0.29, 0.717) is 10.7 Å². The van der Waals surface area contributed by atoms with Gasteiger partial charge in [-0.2, -0.15) is 16.8 Å². The first kappa shape index (κ1) is 25.5. The van der Waals surface area contributed by atoms with Crippen molar-refractivity contribution in [2.75, 3.05) is 10.7 Å². The molecule has 10 heteroatoms. The summed E-state index contributed by atoms with van der Waals surface area (Å²) in [7, 11) is -8.20. The average molecular weight is 584 g/mol. The smallest absolute Gasteiger partial charge is 0.260 e. The van der Waals surface area contributed by atoms with E-state index in [9.17, 15) is 16.8 Å². The van der Waals surface area contributed by atoms with E-state index >= 15 is 0 Å². The topological polar surface area (TPSA) is 86.7 Å². The van der Waals surface area contributed by atoms with Gasteiger partial charge in [-0.3, -0.25) is 8.37 Å².